The predicted octanol–water partition coefficient (Wildman–Crippen LogP) is 6.69. The van der Waals surface area contributed by atoms with Crippen molar-refractivity contribution in [1.29, 1.82) is 0 Å². The largest absolute Gasteiger partial charge is 0.483 e. The fourth-order valence-corrected chi connectivity index (χ4v) is 4.63. The molecule has 2 aliphatic heterocycles. The monoisotopic (exact) mass is 457 g/mol. The van der Waals surface area contributed by atoms with Gasteiger partial charge in [-0.1, -0.05) is 53.6 Å². The van der Waals surface area contributed by atoms with Gasteiger partial charge in [-0.05, 0) is 77.3 Å². The number of benzene rings is 2. The molecule has 1 amide bonds. The van der Waals surface area contributed by atoms with Crippen molar-refractivity contribution in [2.24, 2.45) is 0 Å². The van der Waals surface area contributed by atoms with E-state index >= 15 is 0 Å². The molecule has 2 aromatic carbocycles. The molecule has 1 atom stereocenters. The molecule has 0 saturated heterocycles. The minimum atomic E-state index is -1.60. The molecule has 0 fully saturated rings. The van der Waals surface area contributed by atoms with Crippen LogP contribution in [-0.4, -0.2) is 16.6 Å². The molecule has 0 saturated carbocycles. The van der Waals surface area contributed by atoms with E-state index in [0.29, 0.717) is 12.1 Å². The van der Waals surface area contributed by atoms with E-state index in [2.05, 4.69) is 26.8 Å². The molecule has 2 aromatic rings. The number of aliphatic hydroxyl groups is 1. The Kier molecular flexibility index (Phi) is 6.55. The first-order valence-corrected chi connectivity index (χ1v) is 12.0. The van der Waals surface area contributed by atoms with E-state index < -0.39 is 11.2 Å². The molecule has 1 N–H and O–H groups in total. The van der Waals surface area contributed by atoms with E-state index in [9.17, 15) is 9.90 Å². The summed E-state index contributed by atoms with van der Waals surface area (Å²) in [4.78, 5) is 15.5. The Bertz CT molecular complexity index is 1170. The number of anilines is 1. The molecule has 2 aliphatic rings. The van der Waals surface area contributed by atoms with Crippen LogP contribution in [0.25, 0.3) is 6.08 Å². The van der Waals surface area contributed by atoms with Gasteiger partial charge in [0.1, 0.15) is 11.4 Å². The zero-order valence-electron chi connectivity index (χ0n) is 20.9. The Labute approximate surface area is 203 Å². The lowest BCUT2D eigenvalue weighted by molar-refractivity contribution is -0.135. The zero-order chi connectivity index (χ0) is 24.5. The van der Waals surface area contributed by atoms with Crippen molar-refractivity contribution in [3.05, 3.63) is 88.5 Å². The van der Waals surface area contributed by atoms with Crippen LogP contribution in [0.1, 0.15) is 70.6 Å². The lowest BCUT2D eigenvalue weighted by Crippen LogP contribution is -2.39. The lowest BCUT2D eigenvalue weighted by Gasteiger charge is -2.30. The molecular formula is C30H35NO3. The van der Waals surface area contributed by atoms with Crippen molar-refractivity contribution >= 4 is 17.7 Å². The molecule has 0 bridgehead atoms. The van der Waals surface area contributed by atoms with Crippen molar-refractivity contribution in [1.82, 2.24) is 0 Å². The maximum absolute atomic E-state index is 13.8. The Balaban J connectivity index is 1.73. The van der Waals surface area contributed by atoms with Gasteiger partial charge in [0.25, 0.3) is 5.91 Å². The maximum atomic E-state index is 13.8. The minimum absolute atomic E-state index is 0.250. The van der Waals surface area contributed by atoms with E-state index in [4.69, 9.17) is 4.74 Å². The second kappa shape index (κ2) is 9.27. The molecule has 0 radical (unpaired) electrons. The summed E-state index contributed by atoms with van der Waals surface area (Å²) in [6, 6.07) is 13.6. The van der Waals surface area contributed by atoms with Crippen LogP contribution < -0.4 is 9.64 Å². The van der Waals surface area contributed by atoms with Crippen LogP contribution in [0.5, 0.6) is 5.75 Å². The molecule has 34 heavy (non-hydrogen) atoms. The van der Waals surface area contributed by atoms with Gasteiger partial charge in [0.15, 0.2) is 5.60 Å². The van der Waals surface area contributed by atoms with Crippen LogP contribution in [-0.2, 0) is 16.9 Å². The fourth-order valence-electron chi connectivity index (χ4n) is 4.63. The third-order valence-electron chi connectivity index (χ3n) is 6.54. The van der Waals surface area contributed by atoms with Crippen molar-refractivity contribution in [2.45, 2.75) is 71.6 Å². The number of fused-ring (bicyclic) bond motifs is 3. The molecule has 178 valence electrons. The van der Waals surface area contributed by atoms with E-state index in [1.54, 1.807) is 4.90 Å². The first-order valence-electron chi connectivity index (χ1n) is 12.0. The average molecular weight is 458 g/mol. The number of nitrogens with zero attached hydrogens (tertiary/aromatic N) is 1. The molecule has 4 rings (SSSR count). The Morgan fingerprint density at radius 3 is 2.50 bits per heavy atom. The summed E-state index contributed by atoms with van der Waals surface area (Å²) in [6.07, 6.45) is 10.4. The van der Waals surface area contributed by atoms with Crippen LogP contribution in [0.2, 0.25) is 0 Å². The summed E-state index contributed by atoms with van der Waals surface area (Å²) < 4.78 is 6.18. The number of allylic oxidation sites excluding steroid dienone is 3. The Morgan fingerprint density at radius 2 is 1.79 bits per heavy atom. The number of carbonyl (C=O) groups is 1. The smallest absolute Gasteiger partial charge is 0.264 e. The molecule has 2 heterocycles. The number of ether oxygens (including phenoxy) is 1. The zero-order valence-corrected chi connectivity index (χ0v) is 20.9. The predicted molar refractivity (Wildman–Crippen MR) is 139 cm³/mol. The average Bonchev–Trinajstić information content (AvgIpc) is 2.99. The molecular weight excluding hydrogens is 422 g/mol. The van der Waals surface area contributed by atoms with Gasteiger partial charge in [-0.2, -0.15) is 0 Å². The quantitative estimate of drug-likeness (QED) is 0.471. The van der Waals surface area contributed by atoms with E-state index in [1.165, 1.54) is 11.1 Å². The van der Waals surface area contributed by atoms with Crippen molar-refractivity contribution in [2.75, 3.05) is 4.90 Å². The topological polar surface area (TPSA) is 49.8 Å². The van der Waals surface area contributed by atoms with Gasteiger partial charge >= 0.3 is 0 Å². The minimum Gasteiger partial charge on any atom is -0.483 e. The van der Waals surface area contributed by atoms with Crippen LogP contribution in [0.4, 0.5) is 5.69 Å². The molecule has 4 nitrogen and oxygen atoms in total. The molecule has 0 aromatic heterocycles. The van der Waals surface area contributed by atoms with E-state index in [1.807, 2.05) is 74.5 Å². The summed E-state index contributed by atoms with van der Waals surface area (Å²) in [5.74, 6) is 0.446. The summed E-state index contributed by atoms with van der Waals surface area (Å²) in [6.45, 7) is 10.7. The fraction of sp³-hybridized carbons (Fsp3) is 0.367. The molecule has 4 heteroatoms. The first kappa shape index (κ1) is 24.0. The molecule has 0 spiro atoms. The normalized spacial score (nSPS) is 20.6. The van der Waals surface area contributed by atoms with E-state index in [-0.39, 0.29) is 12.3 Å². The van der Waals surface area contributed by atoms with Crippen LogP contribution >= 0.6 is 0 Å². The maximum Gasteiger partial charge on any atom is 0.264 e. The second-order valence-corrected chi connectivity index (χ2v) is 10.2. The number of rotatable bonds is 7. The first-order chi connectivity index (χ1) is 16.1. The van der Waals surface area contributed by atoms with Crippen molar-refractivity contribution in [3.8, 4) is 5.75 Å². The van der Waals surface area contributed by atoms with Gasteiger partial charge in [-0.15, -0.1) is 0 Å². The van der Waals surface area contributed by atoms with Crippen molar-refractivity contribution in [3.63, 3.8) is 0 Å². The highest BCUT2D eigenvalue weighted by atomic mass is 16.5. The summed E-state index contributed by atoms with van der Waals surface area (Å²) in [5, 5.41) is 11.8. The third-order valence-corrected chi connectivity index (χ3v) is 6.54. The summed E-state index contributed by atoms with van der Waals surface area (Å²) in [5.41, 5.74) is 3.70. The third kappa shape index (κ3) is 4.74. The van der Waals surface area contributed by atoms with E-state index in [0.717, 1.165) is 35.4 Å². The highest BCUT2D eigenvalue weighted by molar-refractivity contribution is 6.09. The van der Waals surface area contributed by atoms with Crippen LogP contribution in [0.15, 0.2) is 71.8 Å². The summed E-state index contributed by atoms with van der Waals surface area (Å²) in [7, 11) is 0. The summed E-state index contributed by atoms with van der Waals surface area (Å²) >= 11 is 0. The van der Waals surface area contributed by atoms with Crippen LogP contribution in [0, 0.1) is 0 Å². The van der Waals surface area contributed by atoms with Gasteiger partial charge < -0.3 is 14.7 Å². The molecule has 1 unspecified atom stereocenters. The van der Waals surface area contributed by atoms with Crippen molar-refractivity contribution < 1.29 is 14.6 Å². The number of hydrogen-bond acceptors (Lipinski definition) is 3. The Morgan fingerprint density at radius 1 is 1.06 bits per heavy atom. The van der Waals surface area contributed by atoms with Gasteiger partial charge in [0.05, 0.1) is 12.2 Å². The SMILES string of the molecule is CC(C)=CCC/C(C)=C/CC1(O)C(=O)N(Cc2ccccc2)c2c1ccc1c2C=CC(C)(C)O1. The Hall–Kier alpha value is -3.11. The van der Waals surface area contributed by atoms with Gasteiger partial charge in [0, 0.05) is 17.5 Å². The number of carbonyl (C=O) groups excluding carboxylic acids is 1. The highest BCUT2D eigenvalue weighted by Crippen LogP contribution is 2.50. The number of hydrogen-bond donors (Lipinski definition) is 1. The molecule has 0 aliphatic carbocycles. The van der Waals surface area contributed by atoms with Gasteiger partial charge in [-0.25, -0.2) is 0 Å². The second-order valence-electron chi connectivity index (χ2n) is 10.2. The number of amides is 1. The standard InChI is InChI=1S/C30H35NO3/c1-21(2)10-9-11-22(3)16-19-30(33)25-14-15-26-24(17-18-29(4,5)34-26)27(25)31(28(30)32)20-23-12-7-6-8-13-23/h6-8,10,12-18,33H,9,11,19-20H2,1-5H3/b22-16+. The van der Waals surface area contributed by atoms with Gasteiger partial charge in [0.2, 0.25) is 0 Å². The van der Waals surface area contributed by atoms with Crippen LogP contribution in [0.3, 0.4) is 0 Å². The highest BCUT2D eigenvalue weighted by Gasteiger charge is 2.50. The van der Waals surface area contributed by atoms with Gasteiger partial charge in [-0.3, -0.25) is 4.79 Å². The lowest BCUT2D eigenvalue weighted by atomic mass is 9.88.